The monoisotopic (exact) mass is 467 g/mol. The van der Waals surface area contributed by atoms with Crippen LogP contribution in [-0.2, 0) is 17.8 Å². The van der Waals surface area contributed by atoms with Gasteiger partial charge in [-0.3, -0.25) is 14.4 Å². The van der Waals surface area contributed by atoms with Crippen LogP contribution in [0.5, 0.6) is 5.75 Å². The molecule has 3 heterocycles. The number of carbonyl (C=O) groups excluding carboxylic acids is 2. The normalized spacial score (nSPS) is 20.0. The molecule has 0 spiro atoms. The largest absolute Gasteiger partial charge is 0.503 e. The lowest BCUT2D eigenvalue weighted by molar-refractivity contribution is -0.134. The molecule has 0 radical (unpaired) electrons. The quantitative estimate of drug-likeness (QED) is 0.672. The summed E-state index contributed by atoms with van der Waals surface area (Å²) >= 11 is 5.65. The van der Waals surface area contributed by atoms with Crippen molar-refractivity contribution in [1.29, 1.82) is 0 Å². The lowest BCUT2D eigenvalue weighted by atomic mass is 10.1. The molecule has 1 aromatic heterocycles. The van der Waals surface area contributed by atoms with Gasteiger partial charge in [0.1, 0.15) is 17.2 Å². The summed E-state index contributed by atoms with van der Waals surface area (Å²) < 4.78 is 34.4. The molecule has 0 aliphatic carbocycles. The molecule has 4 rings (SSSR count). The summed E-state index contributed by atoms with van der Waals surface area (Å²) in [5.41, 5.74) is -1.75. The minimum absolute atomic E-state index is 0.0150. The number of nitrogens with zero attached hydrogens (tertiary/aromatic N) is 2. The first-order valence-corrected chi connectivity index (χ1v) is 10.4. The van der Waals surface area contributed by atoms with E-state index < -0.39 is 46.4 Å². The highest BCUT2D eigenvalue weighted by Crippen LogP contribution is 2.29. The summed E-state index contributed by atoms with van der Waals surface area (Å²) in [6.45, 7) is 2.17. The average Bonchev–Trinajstić information content (AvgIpc) is 2.77. The highest BCUT2D eigenvalue weighted by molar-refractivity contribution is 6.30. The van der Waals surface area contributed by atoms with Gasteiger partial charge in [-0.1, -0.05) is 18.5 Å². The molecule has 0 saturated carbocycles. The van der Waals surface area contributed by atoms with Crippen LogP contribution in [0.3, 0.4) is 0 Å². The number of pyridine rings is 1. The molecular formula is C21H20ClF2N3O5. The first-order valence-electron chi connectivity index (χ1n) is 10.1. The van der Waals surface area contributed by atoms with Gasteiger partial charge in [0.15, 0.2) is 17.7 Å². The Hall–Kier alpha value is -2.98. The first kappa shape index (κ1) is 22.2. The van der Waals surface area contributed by atoms with E-state index in [1.165, 1.54) is 15.7 Å². The van der Waals surface area contributed by atoms with Gasteiger partial charge in [-0.15, -0.1) is 0 Å². The van der Waals surface area contributed by atoms with E-state index in [4.69, 9.17) is 16.3 Å². The van der Waals surface area contributed by atoms with E-state index in [-0.39, 0.29) is 35.5 Å². The van der Waals surface area contributed by atoms with Gasteiger partial charge in [0.05, 0.1) is 17.7 Å². The zero-order valence-electron chi connectivity index (χ0n) is 17.0. The van der Waals surface area contributed by atoms with Crippen molar-refractivity contribution in [2.45, 2.75) is 45.2 Å². The van der Waals surface area contributed by atoms with Gasteiger partial charge in [-0.2, -0.15) is 0 Å². The summed E-state index contributed by atoms with van der Waals surface area (Å²) in [6.07, 6.45) is 2.00. The lowest BCUT2D eigenvalue weighted by Crippen LogP contribution is -2.55. The number of halogens is 3. The van der Waals surface area contributed by atoms with Gasteiger partial charge in [0.2, 0.25) is 5.43 Å². The molecule has 0 bridgehead atoms. The minimum atomic E-state index is -1.03. The molecule has 2 atom stereocenters. The topological polar surface area (TPSA) is 101 Å². The number of hydrogen-bond donors (Lipinski definition) is 2. The Bertz CT molecular complexity index is 1170. The summed E-state index contributed by atoms with van der Waals surface area (Å²) in [5.74, 6) is -4.14. The second kappa shape index (κ2) is 8.51. The van der Waals surface area contributed by atoms with Crippen LogP contribution in [0.25, 0.3) is 0 Å². The second-order valence-electron chi connectivity index (χ2n) is 7.67. The molecule has 170 valence electrons. The van der Waals surface area contributed by atoms with Crippen LogP contribution in [-0.4, -0.2) is 45.3 Å². The summed E-state index contributed by atoms with van der Waals surface area (Å²) in [7, 11) is 0. The third kappa shape index (κ3) is 3.84. The predicted octanol–water partition coefficient (Wildman–Crippen LogP) is 2.40. The van der Waals surface area contributed by atoms with Crippen LogP contribution in [0.2, 0.25) is 5.02 Å². The molecule has 32 heavy (non-hydrogen) atoms. The number of ether oxygens (including phenoxy) is 1. The number of aromatic nitrogens is 1. The fourth-order valence-electron chi connectivity index (χ4n) is 3.92. The van der Waals surface area contributed by atoms with Gasteiger partial charge in [0, 0.05) is 30.9 Å². The lowest BCUT2D eigenvalue weighted by Gasteiger charge is -2.43. The zero-order chi connectivity index (χ0) is 23.2. The van der Waals surface area contributed by atoms with Crippen molar-refractivity contribution in [3.63, 3.8) is 0 Å². The third-order valence-corrected chi connectivity index (χ3v) is 5.98. The van der Waals surface area contributed by atoms with Crippen molar-refractivity contribution in [2.24, 2.45) is 0 Å². The number of amides is 2. The van der Waals surface area contributed by atoms with Crippen molar-refractivity contribution in [1.82, 2.24) is 14.8 Å². The SMILES string of the molecule is CC[C@H]1CCN2C(=O)c3c(O)c(=O)c(C(=O)NCc4cc(Cl)c(F)cc4F)cn3C[C@H]2O1. The summed E-state index contributed by atoms with van der Waals surface area (Å²) in [5, 5.41) is 12.4. The fraction of sp³-hybridized carbons (Fsp3) is 0.381. The highest BCUT2D eigenvalue weighted by Gasteiger charge is 2.40. The number of aromatic hydroxyl groups is 1. The molecule has 8 nitrogen and oxygen atoms in total. The smallest absolute Gasteiger partial charge is 0.276 e. The molecule has 2 N–H and O–H groups in total. The van der Waals surface area contributed by atoms with Crippen molar-refractivity contribution in [3.05, 3.63) is 62.0 Å². The number of fused-ring (bicyclic) bond motifs is 2. The maximum atomic E-state index is 13.9. The summed E-state index contributed by atoms with van der Waals surface area (Å²) in [4.78, 5) is 39.5. The van der Waals surface area contributed by atoms with Crippen LogP contribution in [0, 0.1) is 11.6 Å². The Morgan fingerprint density at radius 3 is 2.78 bits per heavy atom. The Kier molecular flexibility index (Phi) is 5.91. The van der Waals surface area contributed by atoms with Gasteiger partial charge in [0.25, 0.3) is 11.8 Å². The van der Waals surface area contributed by atoms with Crippen LogP contribution in [0.1, 0.15) is 46.2 Å². The van der Waals surface area contributed by atoms with E-state index in [0.29, 0.717) is 19.0 Å². The van der Waals surface area contributed by atoms with E-state index in [1.807, 2.05) is 6.92 Å². The van der Waals surface area contributed by atoms with Crippen molar-refractivity contribution >= 4 is 23.4 Å². The molecule has 2 aromatic rings. The van der Waals surface area contributed by atoms with E-state index >= 15 is 0 Å². The number of rotatable bonds is 4. The Labute approximate surface area is 186 Å². The highest BCUT2D eigenvalue weighted by atomic mass is 35.5. The van der Waals surface area contributed by atoms with Crippen LogP contribution < -0.4 is 10.7 Å². The molecular weight excluding hydrogens is 448 g/mol. The van der Waals surface area contributed by atoms with Gasteiger partial charge >= 0.3 is 0 Å². The van der Waals surface area contributed by atoms with Crippen molar-refractivity contribution in [3.8, 4) is 5.75 Å². The molecule has 2 amide bonds. The molecule has 1 aromatic carbocycles. The van der Waals surface area contributed by atoms with Gasteiger partial charge < -0.3 is 24.6 Å². The molecule has 1 saturated heterocycles. The van der Waals surface area contributed by atoms with Crippen LogP contribution >= 0.6 is 11.6 Å². The number of hydrogen-bond acceptors (Lipinski definition) is 5. The predicted molar refractivity (Wildman–Crippen MR) is 110 cm³/mol. The standard InChI is InChI=1S/C21H20ClF2N3O5/c1-2-11-3-4-27-16(32-11)9-26-8-12(18(28)19(29)17(26)21(27)31)20(30)25-7-10-5-13(22)15(24)6-14(10)23/h5-6,8,11,16,29H,2-4,7,9H2,1H3,(H,25,30)/t11-,16+/m0/s1. The van der Waals surface area contributed by atoms with E-state index in [2.05, 4.69) is 5.32 Å². The second-order valence-corrected chi connectivity index (χ2v) is 8.08. The number of nitrogens with one attached hydrogen (secondary N) is 1. The fourth-order valence-corrected chi connectivity index (χ4v) is 4.11. The Morgan fingerprint density at radius 2 is 2.06 bits per heavy atom. The van der Waals surface area contributed by atoms with Crippen LogP contribution in [0.4, 0.5) is 8.78 Å². The van der Waals surface area contributed by atoms with Crippen molar-refractivity contribution in [2.75, 3.05) is 6.54 Å². The zero-order valence-corrected chi connectivity index (χ0v) is 17.8. The van der Waals surface area contributed by atoms with Crippen molar-refractivity contribution < 1.29 is 28.2 Å². The van der Waals surface area contributed by atoms with E-state index in [9.17, 15) is 28.3 Å². The van der Waals surface area contributed by atoms with Crippen LogP contribution in [0.15, 0.2) is 23.1 Å². The number of carbonyl (C=O) groups is 2. The molecule has 0 unspecified atom stereocenters. The van der Waals surface area contributed by atoms with E-state index in [1.54, 1.807) is 0 Å². The summed E-state index contributed by atoms with van der Waals surface area (Å²) in [6, 6.07) is 1.62. The first-order chi connectivity index (χ1) is 15.2. The maximum absolute atomic E-state index is 13.9. The molecule has 1 fully saturated rings. The molecule has 11 heteroatoms. The Balaban J connectivity index is 1.61. The molecule has 2 aliphatic heterocycles. The molecule has 2 aliphatic rings. The maximum Gasteiger partial charge on any atom is 0.276 e. The number of benzene rings is 1. The van der Waals surface area contributed by atoms with Gasteiger partial charge in [-0.25, -0.2) is 8.78 Å². The van der Waals surface area contributed by atoms with E-state index in [0.717, 1.165) is 12.5 Å². The Morgan fingerprint density at radius 1 is 1.31 bits per heavy atom. The minimum Gasteiger partial charge on any atom is -0.503 e. The average molecular weight is 468 g/mol. The third-order valence-electron chi connectivity index (χ3n) is 5.69. The van der Waals surface area contributed by atoms with Gasteiger partial charge in [-0.05, 0) is 18.9 Å².